The molecule has 0 aromatic carbocycles. The largest absolute Gasteiger partial charge is 0.435 e. The molecule has 74 valence electrons. The highest BCUT2D eigenvalue weighted by Crippen LogP contribution is 2.65. The van der Waals surface area contributed by atoms with Crippen LogP contribution in [0.2, 0.25) is 0 Å². The van der Waals surface area contributed by atoms with E-state index in [0.717, 1.165) is 12.3 Å². The molecular weight excluding hydrogens is 163 g/mol. The zero-order chi connectivity index (χ0) is 9.69. The van der Waals surface area contributed by atoms with Gasteiger partial charge in [-0.3, -0.25) is 0 Å². The van der Waals surface area contributed by atoms with Crippen molar-refractivity contribution in [3.8, 4) is 0 Å². The molecule has 0 heterocycles. The van der Waals surface area contributed by atoms with Gasteiger partial charge in [-0.25, -0.2) is 0 Å². The van der Waals surface area contributed by atoms with Crippen LogP contribution in [0.4, 0.5) is 0 Å². The van der Waals surface area contributed by atoms with Gasteiger partial charge in [0, 0.05) is 0 Å². The Hall–Kier alpha value is -0.0151. The Balaban J connectivity index is 2.23. The highest BCUT2D eigenvalue weighted by molar-refractivity contribution is 6.16. The van der Waals surface area contributed by atoms with E-state index in [2.05, 4.69) is 20.8 Å². The SMILES string of the molecule is CC1CCC2CC1(OBO)C2(C)C. The lowest BCUT2D eigenvalue weighted by atomic mass is 9.42. The van der Waals surface area contributed by atoms with Crippen LogP contribution in [-0.4, -0.2) is 18.3 Å². The van der Waals surface area contributed by atoms with Crippen LogP contribution in [0.3, 0.4) is 0 Å². The third kappa shape index (κ3) is 0.976. The summed E-state index contributed by atoms with van der Waals surface area (Å²) in [6, 6.07) is 0. The summed E-state index contributed by atoms with van der Waals surface area (Å²) in [5, 5.41) is 8.94. The molecule has 3 rings (SSSR count). The molecule has 3 aliphatic carbocycles. The Morgan fingerprint density at radius 1 is 1.38 bits per heavy atom. The molecule has 0 radical (unpaired) electrons. The molecule has 0 spiro atoms. The molecule has 0 amide bonds. The molecular formula is C10H19BO2. The van der Waals surface area contributed by atoms with E-state index in [1.807, 2.05) is 0 Å². The van der Waals surface area contributed by atoms with Crippen LogP contribution < -0.4 is 0 Å². The van der Waals surface area contributed by atoms with Gasteiger partial charge in [-0.1, -0.05) is 20.8 Å². The van der Waals surface area contributed by atoms with Crippen LogP contribution in [0.1, 0.15) is 40.0 Å². The fourth-order valence-electron chi connectivity index (χ4n) is 3.58. The Morgan fingerprint density at radius 3 is 2.54 bits per heavy atom. The second-order valence-electron chi connectivity index (χ2n) is 5.26. The Bertz CT molecular complexity index is 213. The van der Waals surface area contributed by atoms with Crippen molar-refractivity contribution in [2.75, 3.05) is 0 Å². The fourth-order valence-corrected chi connectivity index (χ4v) is 3.58. The topological polar surface area (TPSA) is 29.5 Å². The maximum Gasteiger partial charge on any atom is 0.435 e. The van der Waals surface area contributed by atoms with Gasteiger partial charge < -0.3 is 9.68 Å². The summed E-state index contributed by atoms with van der Waals surface area (Å²) < 4.78 is 5.62. The first-order valence-corrected chi connectivity index (χ1v) is 5.29. The molecule has 0 saturated heterocycles. The molecule has 2 nitrogen and oxygen atoms in total. The van der Waals surface area contributed by atoms with Gasteiger partial charge in [0.25, 0.3) is 0 Å². The second kappa shape index (κ2) is 2.74. The highest BCUT2D eigenvalue weighted by Gasteiger charge is 2.65. The van der Waals surface area contributed by atoms with Crippen molar-refractivity contribution in [3.05, 3.63) is 0 Å². The summed E-state index contributed by atoms with van der Waals surface area (Å²) in [4.78, 5) is 0. The van der Waals surface area contributed by atoms with Gasteiger partial charge in [0.2, 0.25) is 0 Å². The molecule has 0 aliphatic heterocycles. The number of hydrogen-bond acceptors (Lipinski definition) is 2. The van der Waals surface area contributed by atoms with Crippen molar-refractivity contribution in [2.45, 2.75) is 45.6 Å². The summed E-state index contributed by atoms with van der Waals surface area (Å²) in [5.74, 6) is 1.41. The van der Waals surface area contributed by atoms with E-state index in [-0.39, 0.29) is 18.7 Å². The van der Waals surface area contributed by atoms with Gasteiger partial charge in [0.1, 0.15) is 0 Å². The summed E-state index contributed by atoms with van der Waals surface area (Å²) >= 11 is 0. The first-order chi connectivity index (χ1) is 6.04. The van der Waals surface area contributed by atoms with Crippen molar-refractivity contribution < 1.29 is 9.68 Å². The van der Waals surface area contributed by atoms with E-state index < -0.39 is 0 Å². The van der Waals surface area contributed by atoms with Crippen LogP contribution >= 0.6 is 0 Å². The average Bonchev–Trinajstić information content (AvgIpc) is 2.08. The number of rotatable bonds is 2. The van der Waals surface area contributed by atoms with Gasteiger partial charge >= 0.3 is 7.69 Å². The molecule has 3 saturated carbocycles. The normalized spacial score (nSPS) is 46.8. The lowest BCUT2D eigenvalue weighted by Crippen LogP contribution is -2.68. The molecule has 3 fully saturated rings. The molecule has 13 heavy (non-hydrogen) atoms. The third-order valence-corrected chi connectivity index (χ3v) is 4.73. The van der Waals surface area contributed by atoms with Crippen LogP contribution in [0.5, 0.6) is 0 Å². The molecule has 3 heteroatoms. The second-order valence-corrected chi connectivity index (χ2v) is 5.26. The predicted molar refractivity (Wildman–Crippen MR) is 53.5 cm³/mol. The van der Waals surface area contributed by atoms with Crippen LogP contribution in [-0.2, 0) is 4.65 Å². The quantitative estimate of drug-likeness (QED) is 0.655. The van der Waals surface area contributed by atoms with E-state index in [1.165, 1.54) is 12.8 Å². The Kier molecular flexibility index (Phi) is 2.01. The van der Waals surface area contributed by atoms with Gasteiger partial charge in [-0.15, -0.1) is 0 Å². The average molecular weight is 182 g/mol. The zero-order valence-corrected chi connectivity index (χ0v) is 8.84. The third-order valence-electron chi connectivity index (χ3n) is 4.73. The first-order valence-electron chi connectivity index (χ1n) is 5.29. The first kappa shape index (κ1) is 9.54. The summed E-state index contributed by atoms with van der Waals surface area (Å²) in [5.41, 5.74) is 0.248. The minimum Gasteiger partial charge on any atom is -0.430 e. The minimum absolute atomic E-state index is 0.0231. The Morgan fingerprint density at radius 2 is 2.08 bits per heavy atom. The standard InChI is InChI=1S/C10H19BO2/c1-7-4-5-8-6-10(7,13-11-12)9(8,2)3/h7-8,11-12H,4-6H2,1-3H3. The van der Waals surface area contributed by atoms with Crippen molar-refractivity contribution in [1.82, 2.24) is 0 Å². The lowest BCUT2D eigenvalue weighted by molar-refractivity contribution is -0.239. The van der Waals surface area contributed by atoms with Crippen molar-refractivity contribution >= 4 is 7.69 Å². The molecule has 3 unspecified atom stereocenters. The minimum atomic E-state index is -0.125. The van der Waals surface area contributed by atoms with Crippen molar-refractivity contribution in [2.24, 2.45) is 17.3 Å². The Labute approximate surface area is 81.0 Å². The van der Waals surface area contributed by atoms with E-state index in [0.29, 0.717) is 5.92 Å². The molecule has 3 aliphatic rings. The maximum absolute atomic E-state index is 8.94. The maximum atomic E-state index is 8.94. The van der Waals surface area contributed by atoms with Crippen LogP contribution in [0, 0.1) is 17.3 Å². The van der Waals surface area contributed by atoms with E-state index >= 15 is 0 Å². The molecule has 1 N–H and O–H groups in total. The predicted octanol–water partition coefficient (Wildman–Crippen LogP) is 1.48. The van der Waals surface area contributed by atoms with Gasteiger partial charge in [0.05, 0.1) is 5.60 Å². The van der Waals surface area contributed by atoms with E-state index in [9.17, 15) is 0 Å². The van der Waals surface area contributed by atoms with Gasteiger partial charge in [0.15, 0.2) is 0 Å². The number of hydrogen-bond donors (Lipinski definition) is 1. The zero-order valence-electron chi connectivity index (χ0n) is 8.84. The molecule has 3 atom stereocenters. The monoisotopic (exact) mass is 182 g/mol. The lowest BCUT2D eigenvalue weighted by Gasteiger charge is -2.68. The highest BCUT2D eigenvalue weighted by atomic mass is 16.5. The molecule has 0 aromatic rings. The van der Waals surface area contributed by atoms with Crippen molar-refractivity contribution in [1.29, 1.82) is 0 Å². The number of fused-ring (bicyclic) bond motifs is 2. The van der Waals surface area contributed by atoms with Gasteiger partial charge in [-0.05, 0) is 36.5 Å². The van der Waals surface area contributed by atoms with Crippen LogP contribution in [0.25, 0.3) is 0 Å². The molecule has 0 aromatic heterocycles. The van der Waals surface area contributed by atoms with E-state index in [1.54, 1.807) is 0 Å². The summed E-state index contributed by atoms with van der Waals surface area (Å²) in [7, 11) is -0.125. The fraction of sp³-hybridized carbons (Fsp3) is 1.00. The molecule has 2 bridgehead atoms. The van der Waals surface area contributed by atoms with E-state index in [4.69, 9.17) is 9.68 Å². The van der Waals surface area contributed by atoms with Crippen molar-refractivity contribution in [3.63, 3.8) is 0 Å². The van der Waals surface area contributed by atoms with Crippen LogP contribution in [0.15, 0.2) is 0 Å². The van der Waals surface area contributed by atoms with Gasteiger partial charge in [-0.2, -0.15) is 0 Å². The summed E-state index contributed by atoms with van der Waals surface area (Å²) in [6.07, 6.45) is 3.75. The summed E-state index contributed by atoms with van der Waals surface area (Å²) in [6.45, 7) is 6.83. The smallest absolute Gasteiger partial charge is 0.430 e.